The maximum absolute atomic E-state index is 12.8. The lowest BCUT2D eigenvalue weighted by Crippen LogP contribution is -2.26. The van der Waals surface area contributed by atoms with Crippen LogP contribution < -0.4 is 4.90 Å². The Morgan fingerprint density at radius 1 is 1.32 bits per heavy atom. The zero-order valence-corrected chi connectivity index (χ0v) is 10.2. The van der Waals surface area contributed by atoms with E-state index in [1.165, 1.54) is 47.6 Å². The van der Waals surface area contributed by atoms with Crippen LogP contribution in [-0.2, 0) is 0 Å². The Kier molecular flexibility index (Phi) is 3.53. The predicted molar refractivity (Wildman–Crippen MR) is 68.1 cm³/mol. The van der Waals surface area contributed by atoms with Crippen molar-refractivity contribution in [1.82, 2.24) is 4.98 Å². The number of anilines is 1. The van der Waals surface area contributed by atoms with E-state index in [4.69, 9.17) is 5.26 Å². The van der Waals surface area contributed by atoms with Crippen molar-refractivity contribution >= 4 is 11.6 Å². The van der Waals surface area contributed by atoms with Crippen LogP contribution in [0.15, 0.2) is 42.7 Å². The molecule has 0 saturated heterocycles. The highest BCUT2D eigenvalue weighted by Gasteiger charge is 2.14. The zero-order valence-electron chi connectivity index (χ0n) is 10.2. The van der Waals surface area contributed by atoms with Crippen molar-refractivity contribution in [1.29, 1.82) is 5.26 Å². The molecule has 1 aromatic carbocycles. The molecule has 94 valence electrons. The SMILES string of the molecule is CN(C(=O)c1cncc(C#N)c1)c1ccc(F)cc1. The van der Waals surface area contributed by atoms with Gasteiger partial charge in [0.15, 0.2) is 0 Å². The second-order valence-electron chi connectivity index (χ2n) is 3.91. The number of amides is 1. The molecular weight excluding hydrogens is 245 g/mol. The Hall–Kier alpha value is -2.74. The van der Waals surface area contributed by atoms with E-state index in [0.717, 1.165) is 0 Å². The second-order valence-corrected chi connectivity index (χ2v) is 3.91. The van der Waals surface area contributed by atoms with Gasteiger partial charge in [-0.25, -0.2) is 4.39 Å². The fourth-order valence-corrected chi connectivity index (χ4v) is 1.59. The molecule has 0 aliphatic heterocycles. The molecule has 4 nitrogen and oxygen atoms in total. The largest absolute Gasteiger partial charge is 0.311 e. The number of benzene rings is 1. The molecule has 5 heteroatoms. The summed E-state index contributed by atoms with van der Waals surface area (Å²) in [4.78, 5) is 17.4. The predicted octanol–water partition coefficient (Wildman–Crippen LogP) is 2.37. The summed E-state index contributed by atoms with van der Waals surface area (Å²) in [5, 5.41) is 8.77. The molecule has 0 saturated carbocycles. The van der Waals surface area contributed by atoms with Crippen LogP contribution in [0.1, 0.15) is 15.9 Å². The minimum Gasteiger partial charge on any atom is -0.311 e. The average molecular weight is 255 g/mol. The Labute approximate surface area is 109 Å². The molecule has 0 radical (unpaired) electrons. The normalized spacial score (nSPS) is 9.74. The molecule has 0 unspecified atom stereocenters. The molecule has 0 aliphatic carbocycles. The van der Waals surface area contributed by atoms with E-state index < -0.39 is 0 Å². The van der Waals surface area contributed by atoms with E-state index in [9.17, 15) is 9.18 Å². The van der Waals surface area contributed by atoms with Gasteiger partial charge < -0.3 is 4.90 Å². The van der Waals surface area contributed by atoms with Crippen LogP contribution in [-0.4, -0.2) is 17.9 Å². The first-order chi connectivity index (χ1) is 9.11. The highest BCUT2D eigenvalue weighted by atomic mass is 19.1. The first kappa shape index (κ1) is 12.7. The lowest BCUT2D eigenvalue weighted by atomic mass is 10.2. The van der Waals surface area contributed by atoms with Gasteiger partial charge in [0.25, 0.3) is 5.91 Å². The molecule has 0 fully saturated rings. The smallest absolute Gasteiger partial charge is 0.259 e. The maximum atomic E-state index is 12.8. The van der Waals surface area contributed by atoms with Crippen molar-refractivity contribution < 1.29 is 9.18 Å². The van der Waals surface area contributed by atoms with E-state index in [0.29, 0.717) is 16.8 Å². The number of pyridine rings is 1. The van der Waals surface area contributed by atoms with E-state index >= 15 is 0 Å². The first-order valence-corrected chi connectivity index (χ1v) is 5.50. The van der Waals surface area contributed by atoms with E-state index in [1.54, 1.807) is 7.05 Å². The highest BCUT2D eigenvalue weighted by Crippen LogP contribution is 2.16. The van der Waals surface area contributed by atoms with Crippen LogP contribution >= 0.6 is 0 Å². The van der Waals surface area contributed by atoms with Gasteiger partial charge in [-0.1, -0.05) is 0 Å². The highest BCUT2D eigenvalue weighted by molar-refractivity contribution is 6.05. The van der Waals surface area contributed by atoms with Gasteiger partial charge in [0.2, 0.25) is 0 Å². The van der Waals surface area contributed by atoms with Crippen LogP contribution in [0.3, 0.4) is 0 Å². The lowest BCUT2D eigenvalue weighted by molar-refractivity contribution is 0.0992. The van der Waals surface area contributed by atoms with Crippen LogP contribution in [0.2, 0.25) is 0 Å². The quantitative estimate of drug-likeness (QED) is 0.827. The number of nitriles is 1. The van der Waals surface area contributed by atoms with Gasteiger partial charge in [-0.05, 0) is 30.3 Å². The number of carbonyl (C=O) groups is 1. The number of carbonyl (C=O) groups excluding carboxylic acids is 1. The topological polar surface area (TPSA) is 57.0 Å². The van der Waals surface area contributed by atoms with Gasteiger partial charge >= 0.3 is 0 Å². The number of halogens is 1. The molecule has 0 atom stereocenters. The summed E-state index contributed by atoms with van der Waals surface area (Å²) in [5.74, 6) is -0.672. The number of nitrogens with zero attached hydrogens (tertiary/aromatic N) is 3. The minimum atomic E-state index is -0.363. The number of hydrogen-bond donors (Lipinski definition) is 0. The van der Waals surface area contributed by atoms with Gasteiger partial charge in [-0.3, -0.25) is 9.78 Å². The monoisotopic (exact) mass is 255 g/mol. The Morgan fingerprint density at radius 2 is 2.00 bits per heavy atom. The molecule has 0 aliphatic rings. The molecule has 1 heterocycles. The van der Waals surface area contributed by atoms with Gasteiger partial charge in [0.05, 0.1) is 11.1 Å². The Balaban J connectivity index is 2.28. The Bertz CT molecular complexity index is 646. The van der Waals surface area contributed by atoms with Crippen molar-refractivity contribution in [2.24, 2.45) is 0 Å². The maximum Gasteiger partial charge on any atom is 0.259 e. The summed E-state index contributed by atoms with van der Waals surface area (Å²) in [7, 11) is 1.58. The van der Waals surface area contributed by atoms with Crippen molar-refractivity contribution in [3.05, 3.63) is 59.7 Å². The minimum absolute atomic E-state index is 0.309. The number of hydrogen-bond acceptors (Lipinski definition) is 3. The molecule has 0 spiro atoms. The van der Waals surface area contributed by atoms with Gasteiger partial charge in [0.1, 0.15) is 11.9 Å². The molecular formula is C14H10FN3O. The summed E-state index contributed by atoms with van der Waals surface area (Å²) >= 11 is 0. The summed E-state index contributed by atoms with van der Waals surface area (Å²) < 4.78 is 12.8. The van der Waals surface area contributed by atoms with E-state index in [1.807, 2.05) is 6.07 Å². The first-order valence-electron chi connectivity index (χ1n) is 5.50. The van der Waals surface area contributed by atoms with Crippen molar-refractivity contribution in [2.75, 3.05) is 11.9 Å². The van der Waals surface area contributed by atoms with Crippen molar-refractivity contribution in [3.8, 4) is 6.07 Å². The van der Waals surface area contributed by atoms with Crippen LogP contribution in [0.25, 0.3) is 0 Å². The second kappa shape index (κ2) is 5.27. The third-order valence-corrected chi connectivity index (χ3v) is 2.63. The summed E-state index contributed by atoms with van der Waals surface area (Å²) in [6.07, 6.45) is 2.78. The molecule has 1 amide bonds. The van der Waals surface area contributed by atoms with Crippen molar-refractivity contribution in [2.45, 2.75) is 0 Å². The fraction of sp³-hybridized carbons (Fsp3) is 0.0714. The lowest BCUT2D eigenvalue weighted by Gasteiger charge is -2.17. The molecule has 0 N–H and O–H groups in total. The average Bonchev–Trinajstić information content (AvgIpc) is 2.46. The summed E-state index contributed by atoms with van der Waals surface area (Å²) in [6, 6.07) is 8.97. The summed E-state index contributed by atoms with van der Waals surface area (Å²) in [6.45, 7) is 0. The fourth-order valence-electron chi connectivity index (χ4n) is 1.59. The van der Waals surface area contributed by atoms with Gasteiger partial charge in [-0.15, -0.1) is 0 Å². The van der Waals surface area contributed by atoms with Crippen molar-refractivity contribution in [3.63, 3.8) is 0 Å². The van der Waals surface area contributed by atoms with E-state index in [-0.39, 0.29) is 11.7 Å². The number of rotatable bonds is 2. The van der Waals surface area contributed by atoms with Gasteiger partial charge in [0, 0.05) is 25.1 Å². The van der Waals surface area contributed by atoms with Crippen LogP contribution in [0.4, 0.5) is 10.1 Å². The zero-order chi connectivity index (χ0) is 13.8. The van der Waals surface area contributed by atoms with Gasteiger partial charge in [-0.2, -0.15) is 5.26 Å². The van der Waals surface area contributed by atoms with E-state index in [2.05, 4.69) is 4.98 Å². The molecule has 1 aromatic heterocycles. The molecule has 19 heavy (non-hydrogen) atoms. The molecule has 2 rings (SSSR count). The third kappa shape index (κ3) is 2.75. The number of aromatic nitrogens is 1. The third-order valence-electron chi connectivity index (χ3n) is 2.63. The molecule has 0 bridgehead atoms. The summed E-state index contributed by atoms with van der Waals surface area (Å²) in [5.41, 5.74) is 1.19. The van der Waals surface area contributed by atoms with Crippen LogP contribution in [0.5, 0.6) is 0 Å². The standard InChI is InChI=1S/C14H10FN3O/c1-18(13-4-2-12(15)3-5-13)14(19)11-6-10(7-16)8-17-9-11/h2-6,8-9H,1H3. The molecule has 2 aromatic rings. The van der Waals surface area contributed by atoms with Crippen LogP contribution in [0, 0.1) is 17.1 Å². The Morgan fingerprint density at radius 3 is 2.63 bits per heavy atom.